The average molecular weight is 702 g/mol. The van der Waals surface area contributed by atoms with Crippen molar-refractivity contribution in [2.45, 2.75) is 53.0 Å². The number of non-ortho nitro benzene ring substituents is 2. The van der Waals surface area contributed by atoms with E-state index in [-0.39, 0.29) is 35.3 Å². The lowest BCUT2D eigenvalue weighted by molar-refractivity contribution is -0.385. The maximum Gasteiger partial charge on any atom is 0.269 e. The number of nitrogen functional groups attached to an aromatic ring is 1. The summed E-state index contributed by atoms with van der Waals surface area (Å²) in [6.07, 6.45) is 2.27. The van der Waals surface area contributed by atoms with E-state index in [1.165, 1.54) is 24.3 Å². The highest BCUT2D eigenvalue weighted by Crippen LogP contribution is 2.14. The number of nitro benzene ring substituents is 2. The molecule has 0 saturated carbocycles. The first-order valence-electron chi connectivity index (χ1n) is 14.2. The van der Waals surface area contributed by atoms with Crippen LogP contribution in [0.5, 0.6) is 0 Å². The SMILES string of the molecule is C=C(C)C(=O)CCc1ccc(N)cc1.C=C(C)C(=O)CCc1ccc([N+](=O)[O-])cc1.C=C(C)C(=O)Cl.Cl.NCc1ccc([N+](=O)[O-])cc1. The Hall–Kier alpha value is -4.97. The van der Waals surface area contributed by atoms with Gasteiger partial charge in [-0.05, 0) is 85.2 Å². The molecule has 0 fully saturated rings. The molecule has 13 heteroatoms. The highest BCUT2D eigenvalue weighted by molar-refractivity contribution is 6.67. The monoisotopic (exact) mass is 700 g/mol. The van der Waals surface area contributed by atoms with Crippen LogP contribution in [-0.2, 0) is 33.8 Å². The van der Waals surface area contributed by atoms with Crippen molar-refractivity contribution in [3.05, 3.63) is 146 Å². The second-order valence-electron chi connectivity index (χ2n) is 10.3. The van der Waals surface area contributed by atoms with E-state index in [0.717, 1.165) is 28.8 Å². The van der Waals surface area contributed by atoms with Gasteiger partial charge in [-0.15, -0.1) is 12.4 Å². The van der Waals surface area contributed by atoms with E-state index in [1.54, 1.807) is 45.0 Å². The van der Waals surface area contributed by atoms with Gasteiger partial charge in [0, 0.05) is 54.9 Å². The van der Waals surface area contributed by atoms with Gasteiger partial charge >= 0.3 is 0 Å². The molecule has 0 spiro atoms. The number of aryl methyl sites for hydroxylation is 2. The van der Waals surface area contributed by atoms with Crippen molar-refractivity contribution in [3.63, 3.8) is 0 Å². The van der Waals surface area contributed by atoms with Crippen LogP contribution >= 0.6 is 24.0 Å². The standard InChI is InChI=1S/C12H13NO3.C12H15NO.C7H8N2O2.C4H5ClO.ClH/c1-9(2)12(14)8-5-10-3-6-11(7-4-10)13(15)16;1-9(2)12(14)8-5-10-3-6-11(13)7-4-10;8-5-6-1-3-7(4-2-6)9(10)11;1-3(2)4(5)6;/h3-4,6-7H,1,5,8H2,2H3;3-4,6-7H,1,5,8,13H2,2H3;1-4H,5,8H2;1H2,2H3;1H. The van der Waals surface area contributed by atoms with Crippen LogP contribution in [0.2, 0.25) is 0 Å². The maximum atomic E-state index is 11.3. The first-order chi connectivity index (χ1) is 22.0. The van der Waals surface area contributed by atoms with Crippen molar-refractivity contribution in [1.82, 2.24) is 0 Å². The summed E-state index contributed by atoms with van der Waals surface area (Å²) in [4.78, 5) is 52.1. The van der Waals surface area contributed by atoms with Gasteiger partial charge in [-0.1, -0.05) is 56.1 Å². The summed E-state index contributed by atoms with van der Waals surface area (Å²) in [5.74, 6) is 0.153. The van der Waals surface area contributed by atoms with Crippen LogP contribution < -0.4 is 11.5 Å². The van der Waals surface area contributed by atoms with Gasteiger partial charge in [-0.2, -0.15) is 0 Å². The Kier molecular flexibility index (Phi) is 22.8. The Morgan fingerprint density at radius 2 is 0.938 bits per heavy atom. The molecule has 0 radical (unpaired) electrons. The minimum absolute atomic E-state index is 0. The number of ketones is 2. The molecule has 11 nitrogen and oxygen atoms in total. The fourth-order valence-electron chi connectivity index (χ4n) is 3.16. The average Bonchev–Trinajstić information content (AvgIpc) is 3.04. The lowest BCUT2D eigenvalue weighted by Gasteiger charge is -2.01. The largest absolute Gasteiger partial charge is 0.399 e. The van der Waals surface area contributed by atoms with E-state index in [0.29, 0.717) is 42.5 Å². The predicted molar refractivity (Wildman–Crippen MR) is 194 cm³/mol. The molecular weight excluding hydrogens is 659 g/mol. The summed E-state index contributed by atoms with van der Waals surface area (Å²) in [5.41, 5.74) is 16.3. The third-order valence-corrected chi connectivity index (χ3v) is 6.40. The molecule has 0 bridgehead atoms. The molecule has 4 N–H and O–H groups in total. The van der Waals surface area contributed by atoms with Crippen LogP contribution in [0.25, 0.3) is 0 Å². The van der Waals surface area contributed by atoms with E-state index < -0.39 is 15.1 Å². The molecule has 0 saturated heterocycles. The minimum atomic E-state index is -0.463. The number of rotatable bonds is 12. The van der Waals surface area contributed by atoms with Gasteiger partial charge in [-0.25, -0.2) is 0 Å². The van der Waals surface area contributed by atoms with Crippen LogP contribution in [0.4, 0.5) is 17.1 Å². The van der Waals surface area contributed by atoms with Gasteiger partial charge in [-0.3, -0.25) is 34.6 Å². The van der Waals surface area contributed by atoms with Crippen molar-refractivity contribution in [2.24, 2.45) is 5.73 Å². The molecule has 0 unspecified atom stereocenters. The molecule has 3 rings (SSSR count). The number of hydrogen-bond donors (Lipinski definition) is 2. The summed E-state index contributed by atoms with van der Waals surface area (Å²) in [5, 5.41) is 20.1. The van der Waals surface area contributed by atoms with Crippen molar-refractivity contribution in [1.29, 1.82) is 0 Å². The molecule has 0 aliphatic carbocycles. The van der Waals surface area contributed by atoms with Crippen LogP contribution in [0, 0.1) is 20.2 Å². The van der Waals surface area contributed by atoms with E-state index >= 15 is 0 Å². The van der Waals surface area contributed by atoms with Crippen molar-refractivity contribution in [2.75, 3.05) is 5.73 Å². The predicted octanol–water partition coefficient (Wildman–Crippen LogP) is 7.82. The maximum absolute atomic E-state index is 11.3. The first-order valence-corrected chi connectivity index (χ1v) is 14.6. The summed E-state index contributed by atoms with van der Waals surface area (Å²) >= 11 is 4.87. The Balaban J connectivity index is 0. The number of nitrogens with two attached hydrogens (primary N) is 2. The second-order valence-corrected chi connectivity index (χ2v) is 10.6. The quantitative estimate of drug-likeness (QED) is 0.0623. The first kappa shape index (κ1) is 45.2. The molecule has 0 aliphatic heterocycles. The Bertz CT molecular complexity index is 1540. The molecule has 3 aromatic rings. The number of allylic oxidation sites excluding steroid dienone is 3. The molecule has 3 aromatic carbocycles. The second kappa shape index (κ2) is 24.2. The molecular formula is C35H42Cl2N4O7. The van der Waals surface area contributed by atoms with Crippen molar-refractivity contribution < 1.29 is 24.2 Å². The zero-order chi connectivity index (χ0) is 36.1. The Morgan fingerprint density at radius 1 is 0.646 bits per heavy atom. The fraction of sp³-hybridized carbons (Fsp3) is 0.229. The van der Waals surface area contributed by atoms with E-state index in [1.807, 2.05) is 24.3 Å². The van der Waals surface area contributed by atoms with Crippen LogP contribution in [0.3, 0.4) is 0 Å². The normalized spacial score (nSPS) is 9.27. The topological polar surface area (TPSA) is 190 Å². The van der Waals surface area contributed by atoms with Gasteiger partial charge in [0.1, 0.15) is 0 Å². The zero-order valence-electron chi connectivity index (χ0n) is 27.3. The van der Waals surface area contributed by atoms with Gasteiger partial charge in [0.15, 0.2) is 11.6 Å². The highest BCUT2D eigenvalue weighted by Gasteiger charge is 2.07. The lowest BCUT2D eigenvalue weighted by Crippen LogP contribution is -2.00. The van der Waals surface area contributed by atoms with Crippen LogP contribution in [0.15, 0.2) is 109 Å². The number of anilines is 1. The number of carbonyl (C=O) groups is 3. The molecule has 0 atom stereocenters. The van der Waals surface area contributed by atoms with Crippen LogP contribution in [-0.4, -0.2) is 26.7 Å². The number of hydrogen-bond acceptors (Lipinski definition) is 9. The summed E-state index contributed by atoms with van der Waals surface area (Å²) in [6, 6.07) is 20.0. The van der Waals surface area contributed by atoms with E-state index in [9.17, 15) is 34.6 Å². The molecule has 0 heterocycles. The Labute approximate surface area is 292 Å². The van der Waals surface area contributed by atoms with E-state index in [4.69, 9.17) is 23.1 Å². The number of benzene rings is 3. The van der Waals surface area contributed by atoms with Gasteiger partial charge in [0.25, 0.3) is 11.4 Å². The third kappa shape index (κ3) is 20.2. The summed E-state index contributed by atoms with van der Waals surface area (Å²) in [6.45, 7) is 15.9. The molecule has 258 valence electrons. The third-order valence-electron chi connectivity index (χ3n) is 6.08. The number of halogens is 2. The van der Waals surface area contributed by atoms with Crippen molar-refractivity contribution in [3.8, 4) is 0 Å². The number of Topliss-reactive ketones (excluding diaryl/α,β-unsaturated/α-hetero) is 2. The Morgan fingerprint density at radius 3 is 1.19 bits per heavy atom. The van der Waals surface area contributed by atoms with Gasteiger partial charge in [0.2, 0.25) is 5.24 Å². The minimum Gasteiger partial charge on any atom is -0.399 e. The van der Waals surface area contributed by atoms with Gasteiger partial charge in [0.05, 0.1) is 9.85 Å². The zero-order valence-corrected chi connectivity index (χ0v) is 28.9. The smallest absolute Gasteiger partial charge is 0.269 e. The number of nitrogens with zero attached hydrogens (tertiary/aromatic N) is 2. The summed E-state index contributed by atoms with van der Waals surface area (Å²) < 4.78 is 0. The van der Waals surface area contributed by atoms with Crippen molar-refractivity contribution >= 4 is 57.9 Å². The molecule has 48 heavy (non-hydrogen) atoms. The molecule has 0 amide bonds. The summed E-state index contributed by atoms with van der Waals surface area (Å²) in [7, 11) is 0. The molecule has 0 aliphatic rings. The highest BCUT2D eigenvalue weighted by atomic mass is 35.5. The number of carbonyl (C=O) groups excluding carboxylic acids is 3. The van der Waals surface area contributed by atoms with Crippen LogP contribution in [0.1, 0.15) is 50.3 Å². The van der Waals surface area contributed by atoms with Gasteiger partial charge < -0.3 is 11.5 Å². The lowest BCUT2D eigenvalue weighted by atomic mass is 10.0. The fourth-order valence-corrected chi connectivity index (χ4v) is 3.16. The molecule has 0 aromatic heterocycles. The number of nitro groups is 2. The van der Waals surface area contributed by atoms with E-state index in [2.05, 4.69) is 19.7 Å².